The molecule has 0 amide bonds. The zero-order valence-corrected chi connectivity index (χ0v) is 60.4. The van der Waals surface area contributed by atoms with Crippen LogP contribution in [0.25, 0.3) is 32.4 Å². The molecule has 5 aliphatic heterocycles. The maximum absolute atomic E-state index is 13.9. The molecule has 0 spiro atoms. The van der Waals surface area contributed by atoms with Gasteiger partial charge in [0.25, 0.3) is 0 Å². The molecule has 25 heteroatoms. The molecule has 0 bridgehead atoms. The van der Waals surface area contributed by atoms with Gasteiger partial charge in [-0.3, -0.25) is 4.79 Å². The van der Waals surface area contributed by atoms with Crippen LogP contribution in [-0.2, 0) is 39.0 Å². The number of methoxy groups -OCH3 is 1. The Morgan fingerprint density at radius 2 is 0.922 bits per heavy atom. The van der Waals surface area contributed by atoms with Crippen molar-refractivity contribution >= 4 is 130 Å². The van der Waals surface area contributed by atoms with E-state index in [9.17, 15) is 23.8 Å². The standard InChI is InChI=1S/C20H19FN2O2S.C16H24BNO2.C13H16BFO4.C13H13BrN2S.C3HBr2NS.Pd/c1-25-18-11-14(10-16(21)19(18)24)17-12-26-20(22-17)13-4-6-15(7-5-13)23-8-2-3-9-23;1-15(2)16(3,4)20-17(19-15)13-7-9-14(10-8-13)18-11-5-6-12-18;1-12(2)13(3,4)19-14(18-12)9-5-8(7-16)11(17)10(15)6-9;14-12-9-17-13(15-12)10-3-5-11(6-4-10)16-7-1-2-8-16;4-2-1-7-3(5)6-2;/h4-7,10-12,24H,2-3,8-9H2,1H3;7-10H,5-6,11-12H2,1-4H3;5-7,17H,1-4H3;3-6,9H,1-2,7-8H2;1H;. The Bertz CT molecular complexity index is 3620. The van der Waals surface area contributed by atoms with Gasteiger partial charge >= 0.3 is 14.2 Å². The maximum atomic E-state index is 13.9. The van der Waals surface area contributed by atoms with Crippen molar-refractivity contribution in [3.8, 4) is 49.6 Å². The van der Waals surface area contributed by atoms with E-state index in [0.29, 0.717) is 23.0 Å². The molecule has 0 aliphatic carbocycles. The first-order chi connectivity index (χ1) is 42.3. The van der Waals surface area contributed by atoms with Crippen molar-refractivity contribution in [2.75, 3.05) is 61.1 Å². The quantitative estimate of drug-likeness (QED) is 0.0986. The van der Waals surface area contributed by atoms with E-state index in [1.165, 1.54) is 118 Å². The summed E-state index contributed by atoms with van der Waals surface area (Å²) in [7, 11) is 0.374. The number of hydrogen-bond donors (Lipinski definition) is 2. The molecule has 0 unspecified atom stereocenters. The van der Waals surface area contributed by atoms with Gasteiger partial charge in [0.1, 0.15) is 19.2 Å². The maximum Gasteiger partial charge on any atom is 0.494 e. The normalized spacial score (nSPS) is 17.5. The van der Waals surface area contributed by atoms with Gasteiger partial charge in [-0.2, -0.15) is 0 Å². The third-order valence-electron chi connectivity index (χ3n) is 16.8. The van der Waals surface area contributed by atoms with E-state index in [4.69, 9.17) is 23.4 Å². The number of carbonyl (C=O) groups is 1. The summed E-state index contributed by atoms with van der Waals surface area (Å²) in [5.41, 5.74) is 7.07. The Labute approximate surface area is 578 Å². The molecule has 5 aromatic carbocycles. The average molecular weight is 1570 g/mol. The molecule has 5 fully saturated rings. The smallest absolute Gasteiger partial charge is 0.494 e. The van der Waals surface area contributed by atoms with Gasteiger partial charge in [0, 0.05) is 110 Å². The number of carbonyl (C=O) groups excluding carboxylic acids is 1. The van der Waals surface area contributed by atoms with E-state index in [1.54, 1.807) is 28.7 Å². The Balaban J connectivity index is 0.000000150. The van der Waals surface area contributed by atoms with Crippen LogP contribution in [0, 0.1) is 11.6 Å². The summed E-state index contributed by atoms with van der Waals surface area (Å²) in [5, 5.41) is 26.8. The Kier molecular flexibility index (Phi) is 24.6. The Morgan fingerprint density at radius 3 is 1.31 bits per heavy atom. The topological polar surface area (TPSA) is 152 Å². The Hall–Kier alpha value is -4.61. The summed E-state index contributed by atoms with van der Waals surface area (Å²) in [4.78, 5) is 31.1. The van der Waals surface area contributed by atoms with Gasteiger partial charge in [0.15, 0.2) is 39.1 Å². The number of rotatable bonds is 10. The largest absolute Gasteiger partial charge is 0.504 e. The van der Waals surface area contributed by atoms with Crippen LogP contribution in [0.1, 0.15) is 104 Å². The number of aldehydes is 1. The summed E-state index contributed by atoms with van der Waals surface area (Å²) in [5.74, 6) is -2.62. The number of anilines is 3. The number of ether oxygens (including phenoxy) is 1. The summed E-state index contributed by atoms with van der Waals surface area (Å²) < 4.78 is 58.8. The molecule has 13 rings (SSSR count). The minimum Gasteiger partial charge on any atom is -0.504 e. The number of aromatic hydroxyl groups is 2. The molecule has 14 nitrogen and oxygen atoms in total. The molecule has 0 radical (unpaired) electrons. The van der Waals surface area contributed by atoms with Crippen LogP contribution in [0.3, 0.4) is 0 Å². The molecule has 0 saturated carbocycles. The molecule has 8 heterocycles. The van der Waals surface area contributed by atoms with Crippen molar-refractivity contribution in [1.82, 2.24) is 15.0 Å². The van der Waals surface area contributed by atoms with Crippen molar-refractivity contribution < 1.29 is 67.6 Å². The van der Waals surface area contributed by atoms with Gasteiger partial charge in [-0.05, 0) is 238 Å². The summed E-state index contributed by atoms with van der Waals surface area (Å²) in [6.07, 6.45) is 8.15. The predicted molar refractivity (Wildman–Crippen MR) is 370 cm³/mol. The summed E-state index contributed by atoms with van der Waals surface area (Å²) in [6.45, 7) is 22.9. The number of phenols is 2. The third kappa shape index (κ3) is 17.6. The van der Waals surface area contributed by atoms with Crippen molar-refractivity contribution in [1.29, 1.82) is 0 Å². The monoisotopic (exact) mass is 1560 g/mol. The summed E-state index contributed by atoms with van der Waals surface area (Å²) in [6, 6.07) is 31.1. The van der Waals surface area contributed by atoms with Crippen molar-refractivity contribution in [3.63, 3.8) is 0 Å². The van der Waals surface area contributed by atoms with Gasteiger partial charge in [-0.25, -0.2) is 23.7 Å². The molecular formula is C65H73B2Br3F2N6O8PdS3. The number of hydrogen-bond acceptors (Lipinski definition) is 17. The van der Waals surface area contributed by atoms with Gasteiger partial charge in [0.05, 0.1) is 40.8 Å². The first-order valence-corrected chi connectivity index (χ1v) is 34.5. The van der Waals surface area contributed by atoms with Crippen LogP contribution in [0.15, 0.2) is 126 Å². The van der Waals surface area contributed by atoms with Crippen molar-refractivity contribution in [2.45, 2.75) is 116 Å². The van der Waals surface area contributed by atoms with Crippen LogP contribution < -0.4 is 30.4 Å². The fourth-order valence-corrected chi connectivity index (χ4v) is 14.0. The van der Waals surface area contributed by atoms with E-state index >= 15 is 0 Å². The number of benzene rings is 5. The molecule has 480 valence electrons. The molecular weight excluding hydrogens is 1490 g/mol. The van der Waals surface area contributed by atoms with Gasteiger partial charge in [-0.15, -0.1) is 34.0 Å². The molecule has 90 heavy (non-hydrogen) atoms. The molecule has 8 aromatic rings. The fourth-order valence-electron chi connectivity index (χ4n) is 10.3. The van der Waals surface area contributed by atoms with E-state index in [1.807, 2.05) is 43.8 Å². The van der Waals surface area contributed by atoms with Crippen LogP contribution in [0.2, 0.25) is 0 Å². The van der Waals surface area contributed by atoms with E-state index in [-0.39, 0.29) is 50.1 Å². The molecule has 0 atom stereocenters. The fraction of sp³-hybridized carbons (Fsp3) is 0.385. The third-order valence-corrected chi connectivity index (χ3v) is 21.4. The first-order valence-electron chi connectivity index (χ1n) is 29.5. The zero-order chi connectivity index (χ0) is 63.8. The first kappa shape index (κ1) is 71.2. The van der Waals surface area contributed by atoms with Gasteiger partial charge < -0.3 is 48.3 Å². The van der Waals surface area contributed by atoms with Gasteiger partial charge in [-0.1, -0.05) is 12.1 Å². The summed E-state index contributed by atoms with van der Waals surface area (Å²) >= 11 is 14.5. The molecule has 5 aliphatic rings. The second kappa shape index (κ2) is 31.1. The van der Waals surface area contributed by atoms with E-state index in [2.05, 4.69) is 178 Å². The van der Waals surface area contributed by atoms with Crippen LogP contribution in [-0.4, -0.2) is 114 Å². The van der Waals surface area contributed by atoms with E-state index in [0.717, 1.165) is 53.3 Å². The van der Waals surface area contributed by atoms with Crippen LogP contribution >= 0.6 is 81.8 Å². The number of phenolic OH excluding ortho intramolecular Hbond substituents is 2. The number of thiazole rings is 3. The minimum absolute atomic E-state index is 0. The zero-order valence-electron chi connectivity index (χ0n) is 51.6. The van der Waals surface area contributed by atoms with E-state index < -0.39 is 41.5 Å². The molecule has 2 N–H and O–H groups in total. The number of aromatic nitrogens is 3. The Morgan fingerprint density at radius 1 is 0.522 bits per heavy atom. The second-order valence-electron chi connectivity index (χ2n) is 23.9. The molecule has 3 aromatic heterocycles. The van der Waals surface area contributed by atoms with Crippen LogP contribution in [0.5, 0.6) is 17.2 Å². The predicted octanol–water partition coefficient (Wildman–Crippen LogP) is 16.0. The van der Waals surface area contributed by atoms with Gasteiger partial charge in [0.2, 0.25) is 0 Å². The average Bonchev–Trinajstić information content (AvgIpc) is 2.07. The molecule has 5 saturated heterocycles. The minimum atomic E-state index is -0.866. The van der Waals surface area contributed by atoms with Crippen molar-refractivity contribution in [2.24, 2.45) is 0 Å². The second-order valence-corrected chi connectivity index (χ2v) is 29.4. The SMILES string of the molecule is Brc1csc(-c2ccc(N3CCCC3)cc2)n1.Brc1csc(Br)n1.CC1(C)OB(c2cc(F)c(O)c(C=O)c2)OC1(C)C.CC1(C)OB(c2ccc(N3CCCC3)cc2)OC1(C)C.COc1cc(-c2csc(-c3ccc(N4CCCC4)cc3)n2)cc(F)c1O.[Pd]. The number of nitrogens with zero attached hydrogens (tertiary/aromatic N) is 6. The van der Waals surface area contributed by atoms with Crippen LogP contribution in [0.4, 0.5) is 25.8 Å². The number of halogens is 5. The van der Waals surface area contributed by atoms with Crippen molar-refractivity contribution in [3.05, 3.63) is 144 Å².